The molecule has 0 aromatic heterocycles. The summed E-state index contributed by atoms with van der Waals surface area (Å²) in [5.41, 5.74) is 1.95. The van der Waals surface area contributed by atoms with Gasteiger partial charge in [-0.05, 0) is 62.4 Å². The molecule has 6 atom stereocenters. The molecule has 0 unspecified atom stereocenters. The number of carbonyl (C=O) groups excluding carboxylic acids is 4. The van der Waals surface area contributed by atoms with Crippen molar-refractivity contribution >= 4 is 35.0 Å². The zero-order valence-corrected chi connectivity index (χ0v) is 22.9. The Balaban J connectivity index is 1.39. The molecule has 7 heteroatoms. The maximum atomic E-state index is 14.4. The second-order valence-corrected chi connectivity index (χ2v) is 11.9. The fourth-order valence-electron chi connectivity index (χ4n) is 7.93. The number of anilines is 2. The number of phenols is 1. The Morgan fingerprint density at radius 1 is 0.756 bits per heavy atom. The van der Waals surface area contributed by atoms with Crippen LogP contribution in [-0.4, -0.2) is 28.7 Å². The molecule has 3 aromatic carbocycles. The van der Waals surface area contributed by atoms with Gasteiger partial charge >= 0.3 is 0 Å². The molecule has 4 amide bonds. The Morgan fingerprint density at radius 3 is 2.05 bits per heavy atom. The number of hydrogen-bond acceptors (Lipinski definition) is 5. The number of aromatic hydroxyl groups is 1. The highest BCUT2D eigenvalue weighted by molar-refractivity contribution is 6.25. The van der Waals surface area contributed by atoms with Gasteiger partial charge in [-0.2, -0.15) is 0 Å². The highest BCUT2D eigenvalue weighted by Gasteiger charge is 2.68. The van der Waals surface area contributed by atoms with E-state index in [9.17, 15) is 24.3 Å². The third-order valence-corrected chi connectivity index (χ3v) is 9.88. The normalized spacial score (nSPS) is 30.7. The Kier molecular flexibility index (Phi) is 5.58. The summed E-state index contributed by atoms with van der Waals surface area (Å²) in [5.74, 6) is -4.00. The largest absolute Gasteiger partial charge is 0.507 e. The van der Waals surface area contributed by atoms with Crippen LogP contribution in [0.15, 0.2) is 90.5 Å². The van der Waals surface area contributed by atoms with E-state index < -0.39 is 35.0 Å². The summed E-state index contributed by atoms with van der Waals surface area (Å²) in [6.07, 6.45) is 2.64. The molecule has 7 nitrogen and oxygen atoms in total. The average Bonchev–Trinajstić information content (AvgIpc) is 3.35. The third-order valence-electron chi connectivity index (χ3n) is 9.88. The van der Waals surface area contributed by atoms with Crippen LogP contribution < -0.4 is 9.80 Å². The SMILES string of the molecule is Cc1cccc([C@H]2C3=CC[C@@H]4C(=O)N(c5ccccc5)C(=O)[C@@H]4[C@@H]3C[C@H]3C(=O)N(c4ccccc4)C(=O)[C@@]23C)c1O. The Labute approximate surface area is 238 Å². The minimum absolute atomic E-state index is 0.0827. The fraction of sp³-hybridized carbons (Fsp3) is 0.294. The summed E-state index contributed by atoms with van der Waals surface area (Å²) < 4.78 is 0. The van der Waals surface area contributed by atoms with Gasteiger partial charge in [-0.25, -0.2) is 4.90 Å². The minimum atomic E-state index is -1.18. The zero-order chi connectivity index (χ0) is 28.6. The van der Waals surface area contributed by atoms with E-state index in [0.29, 0.717) is 28.9 Å². The van der Waals surface area contributed by atoms with Crippen molar-refractivity contribution in [3.05, 3.63) is 102 Å². The van der Waals surface area contributed by atoms with Gasteiger partial charge in [0.2, 0.25) is 23.6 Å². The number of fused-ring (bicyclic) bond motifs is 4. The van der Waals surface area contributed by atoms with Gasteiger partial charge in [-0.15, -0.1) is 0 Å². The van der Waals surface area contributed by atoms with Crippen molar-refractivity contribution in [2.45, 2.75) is 32.6 Å². The summed E-state index contributed by atoms with van der Waals surface area (Å²) in [4.78, 5) is 58.7. The van der Waals surface area contributed by atoms with E-state index in [1.165, 1.54) is 9.80 Å². The molecule has 0 radical (unpaired) electrons. The first kappa shape index (κ1) is 25.4. The molecule has 0 bridgehead atoms. The van der Waals surface area contributed by atoms with Crippen LogP contribution in [0.3, 0.4) is 0 Å². The zero-order valence-electron chi connectivity index (χ0n) is 22.9. The molecule has 2 aliphatic carbocycles. The molecule has 2 aliphatic heterocycles. The van der Waals surface area contributed by atoms with Crippen molar-refractivity contribution in [1.82, 2.24) is 0 Å². The Bertz CT molecular complexity index is 1650. The van der Waals surface area contributed by atoms with Gasteiger partial charge in [0.25, 0.3) is 0 Å². The van der Waals surface area contributed by atoms with Gasteiger partial charge in [0.15, 0.2) is 0 Å². The molecular formula is C34H30N2O5. The van der Waals surface area contributed by atoms with Crippen LogP contribution in [0.2, 0.25) is 0 Å². The van der Waals surface area contributed by atoms with Crippen LogP contribution in [0.4, 0.5) is 11.4 Å². The molecule has 41 heavy (non-hydrogen) atoms. The van der Waals surface area contributed by atoms with E-state index in [-0.39, 0.29) is 35.8 Å². The lowest BCUT2D eigenvalue weighted by atomic mass is 9.51. The average molecular weight is 547 g/mol. The van der Waals surface area contributed by atoms with Gasteiger partial charge in [-0.1, -0.05) is 66.2 Å². The van der Waals surface area contributed by atoms with Gasteiger partial charge in [-0.3, -0.25) is 24.1 Å². The number of aryl methyl sites for hydroxylation is 1. The molecule has 3 fully saturated rings. The lowest BCUT2D eigenvalue weighted by Gasteiger charge is -2.49. The highest BCUT2D eigenvalue weighted by atomic mass is 16.3. The predicted molar refractivity (Wildman–Crippen MR) is 153 cm³/mol. The van der Waals surface area contributed by atoms with Crippen molar-refractivity contribution in [3.63, 3.8) is 0 Å². The van der Waals surface area contributed by atoms with Crippen molar-refractivity contribution in [1.29, 1.82) is 0 Å². The topological polar surface area (TPSA) is 95.0 Å². The summed E-state index contributed by atoms with van der Waals surface area (Å²) >= 11 is 0. The van der Waals surface area contributed by atoms with Gasteiger partial charge < -0.3 is 5.11 Å². The summed E-state index contributed by atoms with van der Waals surface area (Å²) in [7, 11) is 0. The maximum absolute atomic E-state index is 14.4. The van der Waals surface area contributed by atoms with E-state index in [0.717, 1.165) is 5.57 Å². The number of imide groups is 2. The molecule has 206 valence electrons. The van der Waals surface area contributed by atoms with Crippen LogP contribution in [0, 0.1) is 36.0 Å². The van der Waals surface area contributed by atoms with Crippen molar-refractivity contribution < 1.29 is 24.3 Å². The molecule has 0 spiro atoms. The first-order chi connectivity index (χ1) is 19.7. The minimum Gasteiger partial charge on any atom is -0.507 e. The molecule has 2 saturated heterocycles. The second-order valence-electron chi connectivity index (χ2n) is 11.9. The van der Waals surface area contributed by atoms with E-state index in [1.54, 1.807) is 61.5 Å². The highest BCUT2D eigenvalue weighted by Crippen LogP contribution is 2.64. The smallest absolute Gasteiger partial charge is 0.241 e. The van der Waals surface area contributed by atoms with Crippen LogP contribution >= 0.6 is 0 Å². The predicted octanol–water partition coefficient (Wildman–Crippen LogP) is 5.14. The van der Waals surface area contributed by atoms with Gasteiger partial charge in [0, 0.05) is 11.5 Å². The Hall–Kier alpha value is -4.52. The standard InChI is InChI=1S/C34H30N2O5/c1-19-10-9-15-24(29(19)37)28-22-16-17-23-27(32(40)35(30(23)38)20-11-5-3-6-12-20)25(22)18-26-31(39)36(33(41)34(26,28)2)21-13-7-4-8-14-21/h3-16,23,25-28,37H,17-18H2,1-2H3/t23-,25+,26-,27-,28+,34+/m0/s1. The molecule has 4 aliphatic rings. The van der Waals surface area contributed by atoms with Crippen LogP contribution in [0.5, 0.6) is 5.75 Å². The molecular weight excluding hydrogens is 516 g/mol. The lowest BCUT2D eigenvalue weighted by Crippen LogP contribution is -2.49. The van der Waals surface area contributed by atoms with Crippen molar-refractivity contribution in [2.24, 2.45) is 29.1 Å². The van der Waals surface area contributed by atoms with Gasteiger partial charge in [0.1, 0.15) is 5.75 Å². The molecule has 7 rings (SSSR count). The molecule has 1 N–H and O–H groups in total. The number of para-hydroxylation sites is 3. The monoisotopic (exact) mass is 546 g/mol. The van der Waals surface area contributed by atoms with E-state index in [2.05, 4.69) is 0 Å². The van der Waals surface area contributed by atoms with E-state index in [1.807, 2.05) is 37.3 Å². The van der Waals surface area contributed by atoms with Crippen molar-refractivity contribution in [3.8, 4) is 5.75 Å². The van der Waals surface area contributed by atoms with Crippen LogP contribution in [0.25, 0.3) is 0 Å². The second kappa shape index (κ2) is 8.99. The number of nitrogens with zero attached hydrogens (tertiary/aromatic N) is 2. The molecule has 1 saturated carbocycles. The fourth-order valence-corrected chi connectivity index (χ4v) is 7.93. The number of amides is 4. The summed E-state index contributed by atoms with van der Waals surface area (Å²) in [6, 6.07) is 23.3. The molecule has 3 aromatic rings. The lowest BCUT2D eigenvalue weighted by molar-refractivity contribution is -0.131. The van der Waals surface area contributed by atoms with E-state index >= 15 is 0 Å². The Morgan fingerprint density at radius 2 is 1.39 bits per heavy atom. The number of hydrogen-bond donors (Lipinski definition) is 1. The summed E-state index contributed by atoms with van der Waals surface area (Å²) in [6.45, 7) is 3.63. The van der Waals surface area contributed by atoms with Crippen LogP contribution in [-0.2, 0) is 19.2 Å². The number of carbonyl (C=O) groups is 4. The number of benzene rings is 3. The van der Waals surface area contributed by atoms with E-state index in [4.69, 9.17) is 0 Å². The van der Waals surface area contributed by atoms with Crippen LogP contribution in [0.1, 0.15) is 36.8 Å². The third kappa shape index (κ3) is 3.38. The quantitative estimate of drug-likeness (QED) is 0.363. The maximum Gasteiger partial charge on any atom is 0.241 e. The summed E-state index contributed by atoms with van der Waals surface area (Å²) in [5, 5.41) is 11.3. The number of allylic oxidation sites excluding steroid dienone is 2. The number of rotatable bonds is 3. The molecule has 2 heterocycles. The first-order valence-corrected chi connectivity index (χ1v) is 14.1. The van der Waals surface area contributed by atoms with Gasteiger partial charge in [0.05, 0.1) is 34.5 Å². The first-order valence-electron chi connectivity index (χ1n) is 14.1. The number of phenolic OH excluding ortho intramolecular Hbond substituents is 1. The van der Waals surface area contributed by atoms with Crippen molar-refractivity contribution in [2.75, 3.05) is 9.80 Å².